The Morgan fingerprint density at radius 3 is 2.67 bits per heavy atom. The van der Waals surface area contributed by atoms with E-state index in [4.69, 9.17) is 11.6 Å². The van der Waals surface area contributed by atoms with Gasteiger partial charge in [0.15, 0.2) is 17.7 Å². The first-order chi connectivity index (χ1) is 14.3. The van der Waals surface area contributed by atoms with Crippen LogP contribution in [0, 0.1) is 11.6 Å². The summed E-state index contributed by atoms with van der Waals surface area (Å²) < 4.78 is 27.4. The van der Waals surface area contributed by atoms with Gasteiger partial charge < -0.3 is 15.2 Å². The van der Waals surface area contributed by atoms with Gasteiger partial charge in [0.25, 0.3) is 0 Å². The number of aromatic amines is 1. The Morgan fingerprint density at radius 1 is 1.20 bits per heavy atom. The van der Waals surface area contributed by atoms with Crippen molar-refractivity contribution in [1.82, 2.24) is 9.55 Å². The van der Waals surface area contributed by atoms with E-state index in [1.165, 1.54) is 12.3 Å². The Kier molecular flexibility index (Phi) is 4.75. The summed E-state index contributed by atoms with van der Waals surface area (Å²) in [5, 5.41) is 20.6. The van der Waals surface area contributed by atoms with Crippen molar-refractivity contribution >= 4 is 41.1 Å². The summed E-state index contributed by atoms with van der Waals surface area (Å²) in [4.78, 5) is 30.8. The largest absolute Gasteiger partial charge is 0.493 e. The van der Waals surface area contributed by atoms with Crippen molar-refractivity contribution < 1.29 is 23.8 Å². The number of H-pyrrole nitrogens is 1. The van der Waals surface area contributed by atoms with E-state index in [1.54, 1.807) is 18.2 Å². The van der Waals surface area contributed by atoms with Gasteiger partial charge in [-0.3, -0.25) is 4.99 Å². The number of fused-ring (bicyclic) bond motifs is 1. The van der Waals surface area contributed by atoms with Crippen molar-refractivity contribution in [2.24, 2.45) is 4.99 Å². The minimum absolute atomic E-state index is 0.0712. The molecule has 3 aromatic rings. The molecule has 1 atom stereocenters. The van der Waals surface area contributed by atoms with E-state index in [9.17, 15) is 28.6 Å². The van der Waals surface area contributed by atoms with Crippen LogP contribution in [0.4, 0.5) is 14.5 Å². The fraction of sp³-hybridized carbons (Fsp3) is 0.0500. The Bertz CT molecular complexity index is 1310. The van der Waals surface area contributed by atoms with Crippen LogP contribution in [0.3, 0.4) is 0 Å². The highest BCUT2D eigenvalue weighted by molar-refractivity contribution is 6.31. The van der Waals surface area contributed by atoms with Gasteiger partial charge in [-0.2, -0.15) is 0 Å². The number of imidazole rings is 1. The highest BCUT2D eigenvalue weighted by atomic mass is 35.5. The molecule has 0 spiro atoms. The average molecular weight is 432 g/mol. The smallest absolute Gasteiger partial charge is 0.331 e. The molecule has 1 aromatic heterocycles. The quantitative estimate of drug-likeness (QED) is 0.584. The highest BCUT2D eigenvalue weighted by Crippen LogP contribution is 2.35. The fourth-order valence-corrected chi connectivity index (χ4v) is 3.38. The first kappa shape index (κ1) is 19.6. The number of aliphatic imine (C=N–C) groups is 1. The normalized spacial score (nSPS) is 14.8. The summed E-state index contributed by atoms with van der Waals surface area (Å²) in [6.45, 7) is 0. The second-order valence-electron chi connectivity index (χ2n) is 6.47. The number of hydrogen-bond acceptors (Lipinski definition) is 4. The Balaban J connectivity index is 1.81. The van der Waals surface area contributed by atoms with Crippen molar-refractivity contribution in [1.29, 1.82) is 0 Å². The predicted molar refractivity (Wildman–Crippen MR) is 106 cm³/mol. The minimum atomic E-state index is -1.78. The molecule has 0 bridgehead atoms. The lowest BCUT2D eigenvalue weighted by Gasteiger charge is -2.14. The van der Waals surface area contributed by atoms with Crippen LogP contribution in [0.5, 0.6) is 5.88 Å². The van der Waals surface area contributed by atoms with Gasteiger partial charge in [0, 0.05) is 22.4 Å². The molecule has 1 unspecified atom stereocenters. The summed E-state index contributed by atoms with van der Waals surface area (Å²) >= 11 is 5.93. The van der Waals surface area contributed by atoms with E-state index in [2.05, 4.69) is 9.98 Å². The van der Waals surface area contributed by atoms with Crippen molar-refractivity contribution in [3.05, 3.63) is 80.4 Å². The number of hydrogen-bond donors (Lipinski definition) is 3. The SMILES string of the molecule is O=C(O)C(c1ccc(F)c(F)c1)n1c(O)c(/C=C2\C=Nc3cc(Cl)ccc32)[nH]c1=O. The van der Waals surface area contributed by atoms with E-state index >= 15 is 0 Å². The second-order valence-corrected chi connectivity index (χ2v) is 6.91. The lowest BCUT2D eigenvalue weighted by Crippen LogP contribution is -2.28. The van der Waals surface area contributed by atoms with Crippen LogP contribution < -0.4 is 5.69 Å². The second kappa shape index (κ2) is 7.27. The molecule has 10 heteroatoms. The van der Waals surface area contributed by atoms with E-state index in [0.717, 1.165) is 12.1 Å². The standard InChI is InChI=1S/C20H12ClF2N3O4/c21-11-2-3-12-10(8-24-15(12)7-11)6-16-18(27)26(20(30)25-16)17(19(28)29)9-1-4-13(22)14(23)5-9/h1-8,17,27H,(H,25,30)(H,28,29)/b10-6+. The number of carboxylic acid groups (broad SMARTS) is 1. The lowest BCUT2D eigenvalue weighted by atomic mass is 10.1. The van der Waals surface area contributed by atoms with Gasteiger partial charge in [0.1, 0.15) is 5.69 Å². The number of nitrogens with one attached hydrogen (secondary N) is 1. The van der Waals surface area contributed by atoms with Gasteiger partial charge in [-0.05, 0) is 35.9 Å². The molecule has 1 aliphatic rings. The van der Waals surface area contributed by atoms with E-state index in [0.29, 0.717) is 32.5 Å². The van der Waals surface area contributed by atoms with Gasteiger partial charge in [-0.25, -0.2) is 22.9 Å². The molecule has 0 aliphatic carbocycles. The van der Waals surface area contributed by atoms with Crippen molar-refractivity contribution in [3.8, 4) is 5.88 Å². The Hall–Kier alpha value is -3.72. The molecule has 0 fully saturated rings. The third-order valence-electron chi connectivity index (χ3n) is 4.59. The van der Waals surface area contributed by atoms with Crippen molar-refractivity contribution in [2.45, 2.75) is 6.04 Å². The molecule has 4 rings (SSSR count). The third-order valence-corrected chi connectivity index (χ3v) is 4.83. The molecule has 2 aromatic carbocycles. The van der Waals surface area contributed by atoms with E-state index < -0.39 is 35.2 Å². The zero-order chi connectivity index (χ0) is 21.6. The van der Waals surface area contributed by atoms with Crippen LogP contribution >= 0.6 is 11.6 Å². The van der Waals surface area contributed by atoms with Gasteiger partial charge >= 0.3 is 11.7 Å². The molecule has 0 radical (unpaired) electrons. The monoisotopic (exact) mass is 431 g/mol. The maximum atomic E-state index is 13.6. The van der Waals surface area contributed by atoms with Crippen LogP contribution in [0.25, 0.3) is 11.6 Å². The Morgan fingerprint density at radius 2 is 1.97 bits per heavy atom. The molecule has 7 nitrogen and oxygen atoms in total. The lowest BCUT2D eigenvalue weighted by molar-refractivity contribution is -0.139. The fourth-order valence-electron chi connectivity index (χ4n) is 3.22. The summed E-state index contributed by atoms with van der Waals surface area (Å²) in [6, 6.07) is 5.66. The van der Waals surface area contributed by atoms with Crippen LogP contribution in [0.15, 0.2) is 46.2 Å². The molecular weight excluding hydrogens is 420 g/mol. The first-order valence-corrected chi connectivity index (χ1v) is 8.91. The third kappa shape index (κ3) is 3.29. The maximum absolute atomic E-state index is 13.6. The molecule has 2 heterocycles. The number of aromatic nitrogens is 2. The number of carbonyl (C=O) groups is 1. The van der Waals surface area contributed by atoms with E-state index in [-0.39, 0.29) is 11.3 Å². The first-order valence-electron chi connectivity index (χ1n) is 8.53. The van der Waals surface area contributed by atoms with Crippen LogP contribution in [-0.2, 0) is 4.79 Å². The number of aliphatic carboxylic acids is 1. The highest BCUT2D eigenvalue weighted by Gasteiger charge is 2.29. The summed E-state index contributed by atoms with van der Waals surface area (Å²) in [7, 11) is 0. The van der Waals surface area contributed by atoms with Gasteiger partial charge in [0.2, 0.25) is 5.88 Å². The predicted octanol–water partition coefficient (Wildman–Crippen LogP) is 3.74. The maximum Gasteiger partial charge on any atom is 0.331 e. The molecule has 30 heavy (non-hydrogen) atoms. The molecule has 1 aliphatic heterocycles. The van der Waals surface area contributed by atoms with Gasteiger partial charge in [-0.1, -0.05) is 23.7 Å². The summed E-state index contributed by atoms with van der Waals surface area (Å²) in [6.07, 6.45) is 2.92. The van der Waals surface area contributed by atoms with E-state index in [1.807, 2.05) is 0 Å². The number of halogens is 3. The Labute approximate surface area is 172 Å². The minimum Gasteiger partial charge on any atom is -0.493 e. The van der Waals surface area contributed by atoms with Crippen molar-refractivity contribution in [3.63, 3.8) is 0 Å². The number of aromatic hydroxyl groups is 1. The molecular formula is C20H12ClF2N3O4. The number of benzene rings is 2. The molecule has 0 saturated carbocycles. The zero-order valence-electron chi connectivity index (χ0n) is 14.9. The number of rotatable bonds is 4. The van der Waals surface area contributed by atoms with Gasteiger partial charge in [0.05, 0.1) is 5.69 Å². The van der Waals surface area contributed by atoms with Crippen molar-refractivity contribution in [2.75, 3.05) is 0 Å². The topological polar surface area (TPSA) is 108 Å². The molecule has 0 saturated heterocycles. The average Bonchev–Trinajstić information content (AvgIpc) is 3.20. The summed E-state index contributed by atoms with van der Waals surface area (Å²) in [5.74, 6) is -4.67. The number of nitrogens with zero attached hydrogens (tertiary/aromatic N) is 2. The number of carboxylic acids is 1. The van der Waals surface area contributed by atoms with Crippen LogP contribution in [-0.4, -0.2) is 31.9 Å². The molecule has 152 valence electrons. The molecule has 3 N–H and O–H groups in total. The molecule has 0 amide bonds. The van der Waals surface area contributed by atoms with Crippen LogP contribution in [0.2, 0.25) is 5.02 Å². The van der Waals surface area contributed by atoms with Crippen LogP contribution in [0.1, 0.15) is 22.9 Å². The van der Waals surface area contributed by atoms with Gasteiger partial charge in [-0.15, -0.1) is 0 Å². The summed E-state index contributed by atoms with van der Waals surface area (Å²) in [5.41, 5.74) is 0.605. The zero-order valence-corrected chi connectivity index (χ0v) is 15.7. The number of allylic oxidation sites excluding steroid dienone is 1.